The molecule has 2 aliphatic carbocycles. The molecule has 78 valence electrons. The third-order valence-electron chi connectivity index (χ3n) is 3.43. The predicted molar refractivity (Wildman–Crippen MR) is 64.6 cm³/mol. The average Bonchev–Trinajstić information content (AvgIpc) is 2.36. The summed E-state index contributed by atoms with van der Waals surface area (Å²) >= 11 is 0. The van der Waals surface area contributed by atoms with Gasteiger partial charge in [-0.3, -0.25) is 0 Å². The van der Waals surface area contributed by atoms with Gasteiger partial charge >= 0.3 is 0 Å². The lowest BCUT2D eigenvalue weighted by molar-refractivity contribution is 0.567. The summed E-state index contributed by atoms with van der Waals surface area (Å²) in [7, 11) is 0. The Balaban J connectivity index is 2.21. The van der Waals surface area contributed by atoms with Crippen LogP contribution in [0.4, 0.5) is 0 Å². The number of benzene rings is 1. The normalized spacial score (nSPS) is 21.9. The van der Waals surface area contributed by atoms with Crippen LogP contribution in [0.3, 0.4) is 0 Å². The summed E-state index contributed by atoms with van der Waals surface area (Å²) in [6.07, 6.45) is 8.25. The minimum Gasteiger partial charge on any atom is -0.233 e. The molecule has 0 spiro atoms. The molecule has 0 saturated carbocycles. The quantitative estimate of drug-likeness (QED) is 0.599. The second-order valence-electron chi connectivity index (χ2n) is 4.31. The van der Waals surface area contributed by atoms with E-state index in [9.17, 15) is 4.79 Å². The van der Waals surface area contributed by atoms with Crippen molar-refractivity contribution < 1.29 is 4.79 Å². The van der Waals surface area contributed by atoms with Crippen molar-refractivity contribution in [2.24, 2.45) is 5.92 Å². The Morgan fingerprint density at radius 2 is 2.12 bits per heavy atom. The smallest absolute Gasteiger partial charge is 0.129 e. The van der Waals surface area contributed by atoms with Crippen LogP contribution in [-0.2, 0) is 11.2 Å². The first kappa shape index (κ1) is 9.38. The molecular formula is C15H12O. The molecule has 1 atom stereocenters. The van der Waals surface area contributed by atoms with Gasteiger partial charge in [-0.05, 0) is 24.0 Å². The van der Waals surface area contributed by atoms with Gasteiger partial charge in [0.15, 0.2) is 0 Å². The summed E-state index contributed by atoms with van der Waals surface area (Å²) in [4.78, 5) is 11.2. The standard InChI is InChI=1S/C15H12O/c16-10-15-13-7-3-1-5-11(13)9-12-6-2-4-8-14(12)15/h1-7,14H,8-9H2. The van der Waals surface area contributed by atoms with Gasteiger partial charge in [-0.1, -0.05) is 48.1 Å². The monoisotopic (exact) mass is 208 g/mol. The minimum atomic E-state index is 0.261. The zero-order chi connectivity index (χ0) is 11.0. The van der Waals surface area contributed by atoms with Crippen LogP contribution < -0.4 is 0 Å². The van der Waals surface area contributed by atoms with E-state index in [0.29, 0.717) is 0 Å². The van der Waals surface area contributed by atoms with Crippen molar-refractivity contribution in [1.29, 1.82) is 0 Å². The van der Waals surface area contributed by atoms with Gasteiger partial charge in [-0.15, -0.1) is 0 Å². The molecule has 1 nitrogen and oxygen atoms in total. The van der Waals surface area contributed by atoms with E-state index in [1.807, 2.05) is 18.2 Å². The van der Waals surface area contributed by atoms with Gasteiger partial charge in [-0.2, -0.15) is 0 Å². The molecule has 0 amide bonds. The molecule has 0 radical (unpaired) electrons. The van der Waals surface area contributed by atoms with E-state index in [1.165, 1.54) is 11.1 Å². The van der Waals surface area contributed by atoms with E-state index in [-0.39, 0.29) is 5.92 Å². The highest BCUT2D eigenvalue weighted by atomic mass is 16.1. The molecule has 0 fully saturated rings. The average molecular weight is 208 g/mol. The van der Waals surface area contributed by atoms with Crippen molar-refractivity contribution in [3.63, 3.8) is 0 Å². The van der Waals surface area contributed by atoms with Crippen molar-refractivity contribution in [1.82, 2.24) is 0 Å². The van der Waals surface area contributed by atoms with Crippen LogP contribution >= 0.6 is 0 Å². The minimum absolute atomic E-state index is 0.261. The van der Waals surface area contributed by atoms with Crippen molar-refractivity contribution in [3.8, 4) is 0 Å². The van der Waals surface area contributed by atoms with Gasteiger partial charge in [0.2, 0.25) is 0 Å². The summed E-state index contributed by atoms with van der Waals surface area (Å²) in [5.74, 6) is 2.41. The Morgan fingerprint density at radius 3 is 3.00 bits per heavy atom. The predicted octanol–water partition coefficient (Wildman–Crippen LogP) is 2.96. The number of carbonyl (C=O) groups excluding carboxylic acids is 1. The van der Waals surface area contributed by atoms with Gasteiger partial charge in [-0.25, -0.2) is 4.79 Å². The molecular weight excluding hydrogens is 196 g/mol. The lowest BCUT2D eigenvalue weighted by Crippen LogP contribution is -2.17. The first-order valence-corrected chi connectivity index (χ1v) is 5.59. The first-order chi connectivity index (χ1) is 7.90. The molecule has 1 unspecified atom stereocenters. The van der Waals surface area contributed by atoms with Crippen molar-refractivity contribution in [2.75, 3.05) is 0 Å². The summed E-state index contributed by atoms with van der Waals surface area (Å²) in [6, 6.07) is 8.15. The van der Waals surface area contributed by atoms with Crippen LogP contribution in [-0.4, -0.2) is 5.94 Å². The molecule has 1 aromatic rings. The van der Waals surface area contributed by atoms with Crippen molar-refractivity contribution >= 4 is 11.5 Å². The van der Waals surface area contributed by atoms with Gasteiger partial charge in [0.1, 0.15) is 5.94 Å². The van der Waals surface area contributed by atoms with Crippen LogP contribution in [0.5, 0.6) is 0 Å². The maximum atomic E-state index is 11.2. The summed E-state index contributed by atoms with van der Waals surface area (Å²) in [6.45, 7) is 0. The van der Waals surface area contributed by atoms with Crippen LogP contribution in [0.1, 0.15) is 17.5 Å². The molecule has 3 rings (SSSR count). The Hall–Kier alpha value is -1.85. The lowest BCUT2D eigenvalue weighted by Gasteiger charge is -2.29. The molecule has 0 heterocycles. The summed E-state index contributed by atoms with van der Waals surface area (Å²) in [5.41, 5.74) is 4.52. The fourth-order valence-electron chi connectivity index (χ4n) is 2.63. The van der Waals surface area contributed by atoms with Gasteiger partial charge in [0.25, 0.3) is 0 Å². The van der Waals surface area contributed by atoms with E-state index in [1.54, 1.807) is 0 Å². The SMILES string of the molecule is O=C=C1c2ccccc2CC2=CC=CCC12. The maximum absolute atomic E-state index is 11.2. The lowest BCUT2D eigenvalue weighted by atomic mass is 9.74. The van der Waals surface area contributed by atoms with E-state index in [0.717, 1.165) is 24.0 Å². The number of fused-ring (bicyclic) bond motifs is 2. The Labute approximate surface area is 94.8 Å². The molecule has 2 aliphatic rings. The molecule has 1 heteroatoms. The molecule has 0 bridgehead atoms. The number of hydrogen-bond donors (Lipinski definition) is 0. The van der Waals surface area contributed by atoms with E-state index in [4.69, 9.17) is 0 Å². The first-order valence-electron chi connectivity index (χ1n) is 5.59. The zero-order valence-corrected chi connectivity index (χ0v) is 8.94. The van der Waals surface area contributed by atoms with Crippen molar-refractivity contribution in [3.05, 3.63) is 59.2 Å². The third kappa shape index (κ3) is 1.30. The largest absolute Gasteiger partial charge is 0.233 e. The highest BCUT2D eigenvalue weighted by Gasteiger charge is 2.28. The topological polar surface area (TPSA) is 17.1 Å². The van der Waals surface area contributed by atoms with Crippen LogP contribution in [0.15, 0.2) is 48.1 Å². The second kappa shape index (κ2) is 3.62. The summed E-state index contributed by atoms with van der Waals surface area (Å²) in [5, 5.41) is 0. The van der Waals surface area contributed by atoms with E-state index < -0.39 is 0 Å². The highest BCUT2D eigenvalue weighted by molar-refractivity contribution is 5.92. The van der Waals surface area contributed by atoms with Crippen LogP contribution in [0.25, 0.3) is 5.57 Å². The highest BCUT2D eigenvalue weighted by Crippen LogP contribution is 2.40. The Kier molecular flexibility index (Phi) is 2.12. The second-order valence-corrected chi connectivity index (χ2v) is 4.31. The third-order valence-corrected chi connectivity index (χ3v) is 3.43. The van der Waals surface area contributed by atoms with E-state index >= 15 is 0 Å². The van der Waals surface area contributed by atoms with Crippen molar-refractivity contribution in [2.45, 2.75) is 12.8 Å². The fourth-order valence-corrected chi connectivity index (χ4v) is 2.63. The number of hydrogen-bond acceptors (Lipinski definition) is 1. The van der Waals surface area contributed by atoms with Crippen LogP contribution in [0.2, 0.25) is 0 Å². The van der Waals surface area contributed by atoms with Crippen LogP contribution in [0, 0.1) is 5.92 Å². The zero-order valence-electron chi connectivity index (χ0n) is 8.94. The Bertz CT molecular complexity index is 542. The Morgan fingerprint density at radius 1 is 1.25 bits per heavy atom. The van der Waals surface area contributed by atoms with E-state index in [2.05, 4.69) is 30.2 Å². The van der Waals surface area contributed by atoms with Gasteiger partial charge in [0.05, 0.1) is 5.57 Å². The number of rotatable bonds is 0. The fraction of sp³-hybridized carbons (Fsp3) is 0.200. The molecule has 0 N–H and O–H groups in total. The number of allylic oxidation sites excluding steroid dienone is 5. The van der Waals surface area contributed by atoms with Gasteiger partial charge in [0, 0.05) is 5.92 Å². The molecule has 0 saturated heterocycles. The van der Waals surface area contributed by atoms with Gasteiger partial charge < -0.3 is 0 Å². The molecule has 0 aliphatic heterocycles. The maximum Gasteiger partial charge on any atom is 0.129 e. The molecule has 0 aromatic heterocycles. The molecule has 1 aromatic carbocycles. The molecule has 16 heavy (non-hydrogen) atoms. The summed E-state index contributed by atoms with van der Waals surface area (Å²) < 4.78 is 0.